The maximum Gasteiger partial charge on any atom is 0.229 e. The molecule has 1 unspecified atom stereocenters. The second-order valence-corrected chi connectivity index (χ2v) is 9.22. The molecule has 0 radical (unpaired) electrons. The Labute approximate surface area is 172 Å². The number of carbonyl (C=O) groups is 2. The van der Waals surface area contributed by atoms with Gasteiger partial charge in [-0.25, -0.2) is 4.98 Å². The van der Waals surface area contributed by atoms with Gasteiger partial charge in [-0.05, 0) is 39.0 Å². The van der Waals surface area contributed by atoms with Gasteiger partial charge in [-0.2, -0.15) is 0 Å². The molecule has 1 N–H and O–H groups in total. The van der Waals surface area contributed by atoms with Gasteiger partial charge in [0.25, 0.3) is 0 Å². The van der Waals surface area contributed by atoms with Gasteiger partial charge in [0.1, 0.15) is 5.01 Å². The molecular weight excluding hydrogens is 390 g/mol. The van der Waals surface area contributed by atoms with Crippen LogP contribution in [0.4, 0.5) is 11.4 Å². The van der Waals surface area contributed by atoms with E-state index in [-0.39, 0.29) is 24.2 Å². The summed E-state index contributed by atoms with van der Waals surface area (Å²) < 4.78 is 0. The second-order valence-electron chi connectivity index (χ2n) is 7.10. The molecule has 1 fully saturated rings. The first-order valence-electron chi connectivity index (χ1n) is 9.11. The molecule has 1 saturated heterocycles. The molecule has 5 nitrogen and oxygen atoms in total. The van der Waals surface area contributed by atoms with Crippen LogP contribution in [0.25, 0.3) is 9.88 Å². The van der Waals surface area contributed by atoms with E-state index in [1.165, 1.54) is 0 Å². The van der Waals surface area contributed by atoms with Crippen molar-refractivity contribution in [1.82, 2.24) is 4.98 Å². The number of nitrogens with zero attached hydrogens (tertiary/aromatic N) is 2. The first-order chi connectivity index (χ1) is 13.4. The Hall–Kier alpha value is -2.51. The summed E-state index contributed by atoms with van der Waals surface area (Å²) in [5, 5.41) is 6.01. The minimum absolute atomic E-state index is 0.00927. The third-order valence-electron chi connectivity index (χ3n) is 4.85. The average Bonchev–Trinajstić information content (AvgIpc) is 3.35. The van der Waals surface area contributed by atoms with E-state index in [0.29, 0.717) is 6.54 Å². The van der Waals surface area contributed by atoms with E-state index in [0.717, 1.165) is 37.4 Å². The Bertz CT molecular complexity index is 1040. The molecule has 7 heteroatoms. The van der Waals surface area contributed by atoms with Gasteiger partial charge < -0.3 is 10.2 Å². The van der Waals surface area contributed by atoms with Crippen LogP contribution in [0.2, 0.25) is 0 Å². The SMILES string of the molecule is Cc1ccc(N2CC(C(=O)Nc3cc(-c4nc(C)cs4)sc3C)CC2=O)cc1. The summed E-state index contributed by atoms with van der Waals surface area (Å²) in [6.45, 7) is 6.38. The Morgan fingerprint density at radius 1 is 1.21 bits per heavy atom. The molecule has 3 heterocycles. The monoisotopic (exact) mass is 411 g/mol. The molecule has 1 atom stereocenters. The normalized spacial score (nSPS) is 16.6. The molecule has 3 aromatic rings. The fourth-order valence-corrected chi connectivity index (χ4v) is 5.11. The maximum absolute atomic E-state index is 12.8. The smallest absolute Gasteiger partial charge is 0.229 e. The number of hydrogen-bond donors (Lipinski definition) is 1. The standard InChI is InChI=1S/C21H21N3O2S2/c1-12-4-6-16(7-5-12)24-10-15(8-19(24)25)20(26)23-17-9-18(28-14(17)3)21-22-13(2)11-27-21/h4-7,9,11,15H,8,10H2,1-3H3,(H,23,26). The molecular formula is C21H21N3O2S2. The molecule has 144 valence electrons. The van der Waals surface area contributed by atoms with Gasteiger partial charge >= 0.3 is 0 Å². The summed E-state index contributed by atoms with van der Waals surface area (Å²) >= 11 is 3.22. The topological polar surface area (TPSA) is 62.3 Å². The molecule has 1 aliphatic heterocycles. The number of anilines is 2. The molecule has 1 aromatic carbocycles. The van der Waals surface area contributed by atoms with Gasteiger partial charge in [-0.1, -0.05) is 17.7 Å². The van der Waals surface area contributed by atoms with Crippen LogP contribution < -0.4 is 10.2 Å². The first kappa shape index (κ1) is 18.8. The number of aryl methyl sites for hydroxylation is 3. The predicted molar refractivity (Wildman–Crippen MR) is 115 cm³/mol. The Kier molecular flexibility index (Phi) is 5.03. The zero-order chi connectivity index (χ0) is 19.8. The summed E-state index contributed by atoms with van der Waals surface area (Å²) in [5.41, 5.74) is 3.79. The van der Waals surface area contributed by atoms with Gasteiger partial charge in [0.15, 0.2) is 0 Å². The number of thiazole rings is 1. The fraction of sp³-hybridized carbons (Fsp3) is 0.286. The number of aromatic nitrogens is 1. The van der Waals surface area contributed by atoms with E-state index in [4.69, 9.17) is 0 Å². The minimum Gasteiger partial charge on any atom is -0.325 e. The Balaban J connectivity index is 1.46. The third kappa shape index (κ3) is 3.72. The lowest BCUT2D eigenvalue weighted by atomic mass is 10.1. The van der Waals surface area contributed by atoms with E-state index in [9.17, 15) is 9.59 Å². The molecule has 0 bridgehead atoms. The van der Waals surface area contributed by atoms with Crippen molar-refractivity contribution in [2.45, 2.75) is 27.2 Å². The van der Waals surface area contributed by atoms with Crippen LogP contribution >= 0.6 is 22.7 Å². The Morgan fingerprint density at radius 3 is 2.64 bits per heavy atom. The van der Waals surface area contributed by atoms with Gasteiger partial charge in [0.05, 0.1) is 16.5 Å². The van der Waals surface area contributed by atoms with Gasteiger partial charge in [-0.15, -0.1) is 22.7 Å². The van der Waals surface area contributed by atoms with E-state index in [1.807, 2.05) is 56.5 Å². The lowest BCUT2D eigenvalue weighted by Gasteiger charge is -2.17. The van der Waals surface area contributed by atoms with Crippen molar-refractivity contribution in [3.8, 4) is 9.88 Å². The summed E-state index contributed by atoms with van der Waals surface area (Å²) in [5.74, 6) is -0.464. The second kappa shape index (κ2) is 7.48. The number of carbonyl (C=O) groups excluding carboxylic acids is 2. The highest BCUT2D eigenvalue weighted by Crippen LogP contribution is 2.36. The van der Waals surface area contributed by atoms with Crippen molar-refractivity contribution >= 4 is 45.9 Å². The lowest BCUT2D eigenvalue weighted by Crippen LogP contribution is -2.28. The van der Waals surface area contributed by atoms with Crippen molar-refractivity contribution in [3.05, 3.63) is 51.8 Å². The quantitative estimate of drug-likeness (QED) is 0.671. The van der Waals surface area contributed by atoms with E-state index in [2.05, 4.69) is 10.3 Å². The van der Waals surface area contributed by atoms with E-state index < -0.39 is 0 Å². The highest BCUT2D eigenvalue weighted by atomic mass is 32.1. The van der Waals surface area contributed by atoms with Crippen molar-refractivity contribution < 1.29 is 9.59 Å². The average molecular weight is 412 g/mol. The molecule has 1 aliphatic rings. The maximum atomic E-state index is 12.8. The van der Waals surface area contributed by atoms with Crippen LogP contribution in [0.15, 0.2) is 35.7 Å². The van der Waals surface area contributed by atoms with Crippen LogP contribution in [-0.4, -0.2) is 23.3 Å². The van der Waals surface area contributed by atoms with E-state index in [1.54, 1.807) is 27.6 Å². The lowest BCUT2D eigenvalue weighted by molar-refractivity contribution is -0.122. The zero-order valence-corrected chi connectivity index (χ0v) is 17.6. The van der Waals surface area contributed by atoms with Crippen LogP contribution in [0.5, 0.6) is 0 Å². The number of hydrogen-bond acceptors (Lipinski definition) is 5. The largest absolute Gasteiger partial charge is 0.325 e. The van der Waals surface area contributed by atoms with Crippen molar-refractivity contribution in [2.75, 3.05) is 16.8 Å². The molecule has 0 aliphatic carbocycles. The van der Waals surface area contributed by atoms with Gasteiger partial charge in [0.2, 0.25) is 11.8 Å². The van der Waals surface area contributed by atoms with Crippen LogP contribution in [0, 0.1) is 26.7 Å². The fourth-order valence-electron chi connectivity index (χ4n) is 3.27. The molecule has 28 heavy (non-hydrogen) atoms. The molecule has 4 rings (SSSR count). The number of thiophene rings is 1. The van der Waals surface area contributed by atoms with Gasteiger partial charge in [0, 0.05) is 34.6 Å². The van der Waals surface area contributed by atoms with Crippen LogP contribution in [-0.2, 0) is 9.59 Å². The number of rotatable bonds is 4. The van der Waals surface area contributed by atoms with Crippen LogP contribution in [0.1, 0.15) is 22.6 Å². The highest BCUT2D eigenvalue weighted by molar-refractivity contribution is 7.21. The number of benzene rings is 1. The molecule has 2 amide bonds. The summed E-state index contributed by atoms with van der Waals surface area (Å²) in [6.07, 6.45) is 0.238. The van der Waals surface area contributed by atoms with Gasteiger partial charge in [-0.3, -0.25) is 9.59 Å². The van der Waals surface area contributed by atoms with Crippen LogP contribution in [0.3, 0.4) is 0 Å². The summed E-state index contributed by atoms with van der Waals surface area (Å²) in [6, 6.07) is 9.79. The first-order valence-corrected chi connectivity index (χ1v) is 10.8. The summed E-state index contributed by atoms with van der Waals surface area (Å²) in [7, 11) is 0. The Morgan fingerprint density at radius 2 is 1.96 bits per heavy atom. The number of nitrogens with one attached hydrogen (secondary N) is 1. The third-order valence-corrected chi connectivity index (χ3v) is 7.03. The number of amides is 2. The van der Waals surface area contributed by atoms with E-state index >= 15 is 0 Å². The van der Waals surface area contributed by atoms with Crippen molar-refractivity contribution in [3.63, 3.8) is 0 Å². The van der Waals surface area contributed by atoms with Crippen molar-refractivity contribution in [2.24, 2.45) is 5.92 Å². The minimum atomic E-state index is -0.348. The van der Waals surface area contributed by atoms with Crippen molar-refractivity contribution in [1.29, 1.82) is 0 Å². The zero-order valence-electron chi connectivity index (χ0n) is 16.0. The molecule has 2 aromatic heterocycles. The highest BCUT2D eigenvalue weighted by Gasteiger charge is 2.35. The predicted octanol–water partition coefficient (Wildman–Crippen LogP) is 4.79. The molecule has 0 saturated carbocycles. The molecule has 0 spiro atoms. The summed E-state index contributed by atoms with van der Waals surface area (Å²) in [4.78, 5) is 33.5.